The van der Waals surface area contributed by atoms with Crippen molar-refractivity contribution >= 4 is 0 Å². The third kappa shape index (κ3) is 3.88. The van der Waals surface area contributed by atoms with Gasteiger partial charge in [0.15, 0.2) is 0 Å². The van der Waals surface area contributed by atoms with Crippen LogP contribution in [0.25, 0.3) is 0 Å². The van der Waals surface area contributed by atoms with Gasteiger partial charge in [0, 0.05) is 6.54 Å². The SMILES string of the molecule is NC/C=C/CCOC1CCCC1. The fourth-order valence-corrected chi connectivity index (χ4v) is 1.57. The lowest BCUT2D eigenvalue weighted by atomic mass is 10.3. The Balaban J connectivity index is 1.91. The van der Waals surface area contributed by atoms with Crippen LogP contribution in [0.15, 0.2) is 12.2 Å². The molecule has 0 atom stereocenters. The number of hydrogen-bond acceptors (Lipinski definition) is 2. The van der Waals surface area contributed by atoms with Gasteiger partial charge in [-0.25, -0.2) is 0 Å². The monoisotopic (exact) mass is 169 g/mol. The molecule has 0 amide bonds. The molecule has 0 aromatic carbocycles. The van der Waals surface area contributed by atoms with Gasteiger partial charge in [-0.3, -0.25) is 0 Å². The van der Waals surface area contributed by atoms with Gasteiger partial charge in [-0.15, -0.1) is 0 Å². The lowest BCUT2D eigenvalue weighted by Gasteiger charge is -2.08. The highest BCUT2D eigenvalue weighted by atomic mass is 16.5. The van der Waals surface area contributed by atoms with Crippen molar-refractivity contribution in [2.45, 2.75) is 38.2 Å². The molecule has 0 unspecified atom stereocenters. The summed E-state index contributed by atoms with van der Waals surface area (Å²) in [5, 5.41) is 0. The Kier molecular flexibility index (Phi) is 5.04. The normalized spacial score (nSPS) is 19.4. The first-order valence-electron chi connectivity index (χ1n) is 4.90. The lowest BCUT2D eigenvalue weighted by molar-refractivity contribution is 0.0617. The second kappa shape index (κ2) is 6.21. The average Bonchev–Trinajstić information content (AvgIpc) is 2.57. The molecular formula is C10H19NO. The lowest BCUT2D eigenvalue weighted by Crippen LogP contribution is -2.07. The van der Waals surface area contributed by atoms with Gasteiger partial charge in [0.2, 0.25) is 0 Å². The molecule has 0 radical (unpaired) electrons. The second-order valence-corrected chi connectivity index (χ2v) is 3.27. The van der Waals surface area contributed by atoms with Gasteiger partial charge in [-0.1, -0.05) is 25.0 Å². The molecule has 2 heteroatoms. The molecule has 2 N–H and O–H groups in total. The Morgan fingerprint density at radius 1 is 1.25 bits per heavy atom. The Hall–Kier alpha value is -0.340. The van der Waals surface area contributed by atoms with Crippen LogP contribution in [0.4, 0.5) is 0 Å². The quantitative estimate of drug-likeness (QED) is 0.503. The molecule has 0 bridgehead atoms. The Labute approximate surface area is 74.8 Å². The van der Waals surface area contributed by atoms with Crippen molar-refractivity contribution < 1.29 is 4.74 Å². The third-order valence-corrected chi connectivity index (χ3v) is 2.24. The molecule has 0 spiro atoms. The maximum atomic E-state index is 5.66. The molecule has 0 aromatic rings. The molecule has 0 saturated heterocycles. The minimum atomic E-state index is 0.552. The summed E-state index contributed by atoms with van der Waals surface area (Å²) in [7, 11) is 0. The molecule has 70 valence electrons. The predicted octanol–water partition coefficient (Wildman–Crippen LogP) is 1.85. The van der Waals surface area contributed by atoms with Crippen LogP contribution in [0.2, 0.25) is 0 Å². The van der Waals surface area contributed by atoms with E-state index in [2.05, 4.69) is 6.08 Å². The van der Waals surface area contributed by atoms with Gasteiger partial charge in [-0.2, -0.15) is 0 Å². The van der Waals surface area contributed by atoms with E-state index in [0.29, 0.717) is 12.6 Å². The first-order valence-corrected chi connectivity index (χ1v) is 4.90. The summed E-state index contributed by atoms with van der Waals surface area (Å²) in [6.45, 7) is 1.50. The van der Waals surface area contributed by atoms with Crippen molar-refractivity contribution in [3.63, 3.8) is 0 Å². The van der Waals surface area contributed by atoms with Crippen LogP contribution in [-0.4, -0.2) is 19.3 Å². The van der Waals surface area contributed by atoms with Crippen LogP contribution in [0.1, 0.15) is 32.1 Å². The van der Waals surface area contributed by atoms with Crippen molar-refractivity contribution in [2.24, 2.45) is 5.73 Å². The summed E-state index contributed by atoms with van der Waals surface area (Å²) in [5.74, 6) is 0. The number of hydrogen-bond donors (Lipinski definition) is 1. The van der Waals surface area contributed by atoms with Crippen molar-refractivity contribution in [2.75, 3.05) is 13.2 Å². The summed E-state index contributed by atoms with van der Waals surface area (Å²) >= 11 is 0. The van der Waals surface area contributed by atoms with Crippen LogP contribution in [0.5, 0.6) is 0 Å². The zero-order valence-corrected chi connectivity index (χ0v) is 7.67. The van der Waals surface area contributed by atoms with Gasteiger partial charge in [-0.05, 0) is 19.3 Å². The van der Waals surface area contributed by atoms with Crippen molar-refractivity contribution in [3.05, 3.63) is 12.2 Å². The zero-order valence-electron chi connectivity index (χ0n) is 7.67. The highest BCUT2D eigenvalue weighted by Crippen LogP contribution is 2.20. The van der Waals surface area contributed by atoms with Crippen LogP contribution in [0, 0.1) is 0 Å². The van der Waals surface area contributed by atoms with Gasteiger partial charge in [0.05, 0.1) is 12.7 Å². The number of rotatable bonds is 5. The van der Waals surface area contributed by atoms with E-state index in [1.807, 2.05) is 6.08 Å². The molecular weight excluding hydrogens is 150 g/mol. The highest BCUT2D eigenvalue weighted by molar-refractivity contribution is 4.82. The Morgan fingerprint density at radius 3 is 2.67 bits per heavy atom. The molecule has 0 aromatic heterocycles. The predicted molar refractivity (Wildman–Crippen MR) is 51.0 cm³/mol. The minimum Gasteiger partial charge on any atom is -0.378 e. The smallest absolute Gasteiger partial charge is 0.0575 e. The van der Waals surface area contributed by atoms with E-state index in [4.69, 9.17) is 10.5 Å². The molecule has 1 rings (SSSR count). The van der Waals surface area contributed by atoms with E-state index in [1.54, 1.807) is 0 Å². The molecule has 1 saturated carbocycles. The first kappa shape index (κ1) is 9.75. The second-order valence-electron chi connectivity index (χ2n) is 3.27. The summed E-state index contributed by atoms with van der Waals surface area (Å²) in [6, 6.07) is 0. The number of nitrogens with two attached hydrogens (primary N) is 1. The van der Waals surface area contributed by atoms with Crippen molar-refractivity contribution in [1.82, 2.24) is 0 Å². The van der Waals surface area contributed by atoms with Gasteiger partial charge in [0.25, 0.3) is 0 Å². The van der Waals surface area contributed by atoms with Crippen LogP contribution in [0.3, 0.4) is 0 Å². The van der Waals surface area contributed by atoms with E-state index >= 15 is 0 Å². The van der Waals surface area contributed by atoms with Crippen LogP contribution in [-0.2, 0) is 4.74 Å². The summed E-state index contributed by atoms with van der Waals surface area (Å²) in [5.41, 5.74) is 5.31. The Morgan fingerprint density at radius 2 is 2.00 bits per heavy atom. The fraction of sp³-hybridized carbons (Fsp3) is 0.800. The molecule has 12 heavy (non-hydrogen) atoms. The highest BCUT2D eigenvalue weighted by Gasteiger charge is 2.14. The van der Waals surface area contributed by atoms with Crippen LogP contribution < -0.4 is 5.73 Å². The summed E-state index contributed by atoms with van der Waals surface area (Å²) < 4.78 is 5.66. The molecule has 1 fully saturated rings. The standard InChI is InChI=1S/C10H19NO/c11-8-4-1-5-9-12-10-6-2-3-7-10/h1,4,10H,2-3,5-9,11H2/b4-1+. The maximum absolute atomic E-state index is 5.66. The topological polar surface area (TPSA) is 35.2 Å². The summed E-state index contributed by atoms with van der Waals surface area (Å²) in [4.78, 5) is 0. The third-order valence-electron chi connectivity index (χ3n) is 2.24. The van der Waals surface area contributed by atoms with Crippen LogP contribution >= 0.6 is 0 Å². The van der Waals surface area contributed by atoms with Gasteiger partial charge in [0.1, 0.15) is 0 Å². The number of ether oxygens (including phenoxy) is 1. The summed E-state index contributed by atoms with van der Waals surface area (Å²) in [6.07, 6.45) is 10.9. The maximum Gasteiger partial charge on any atom is 0.0575 e. The molecule has 2 nitrogen and oxygen atoms in total. The minimum absolute atomic E-state index is 0.552. The van der Waals surface area contributed by atoms with E-state index in [-0.39, 0.29) is 0 Å². The van der Waals surface area contributed by atoms with E-state index < -0.39 is 0 Å². The van der Waals surface area contributed by atoms with Crippen molar-refractivity contribution in [1.29, 1.82) is 0 Å². The first-order chi connectivity index (χ1) is 5.93. The average molecular weight is 169 g/mol. The molecule has 0 heterocycles. The van der Waals surface area contributed by atoms with Gasteiger partial charge >= 0.3 is 0 Å². The molecule has 1 aliphatic carbocycles. The van der Waals surface area contributed by atoms with E-state index in [0.717, 1.165) is 13.0 Å². The largest absolute Gasteiger partial charge is 0.378 e. The van der Waals surface area contributed by atoms with Crippen molar-refractivity contribution in [3.8, 4) is 0 Å². The molecule has 1 aliphatic rings. The van der Waals surface area contributed by atoms with E-state index in [1.165, 1.54) is 25.7 Å². The molecule has 0 aliphatic heterocycles. The zero-order chi connectivity index (χ0) is 8.65. The fourth-order valence-electron chi connectivity index (χ4n) is 1.57. The Bertz CT molecular complexity index is 128. The van der Waals surface area contributed by atoms with E-state index in [9.17, 15) is 0 Å². The van der Waals surface area contributed by atoms with Gasteiger partial charge < -0.3 is 10.5 Å².